The molecule has 0 saturated heterocycles. The molecule has 2 unspecified atom stereocenters. The maximum Gasteiger partial charge on any atom is 0.389 e. The second-order valence-corrected chi connectivity index (χ2v) is 3.38. The number of rotatable bonds is 6. The molecule has 0 bridgehead atoms. The third-order valence-corrected chi connectivity index (χ3v) is 2.11. The highest BCUT2D eigenvalue weighted by Crippen LogP contribution is 2.23. The topological polar surface area (TPSA) is 35.2 Å². The normalized spacial score (nSPS) is 16.7. The van der Waals surface area contributed by atoms with Gasteiger partial charge in [0.15, 0.2) is 0 Å². The molecule has 0 spiro atoms. The lowest BCUT2D eigenvalue weighted by Crippen LogP contribution is -2.37. The van der Waals surface area contributed by atoms with Crippen molar-refractivity contribution in [2.45, 2.75) is 50.9 Å². The Labute approximate surface area is 82.6 Å². The van der Waals surface area contributed by atoms with Crippen LogP contribution in [0.2, 0.25) is 0 Å². The van der Waals surface area contributed by atoms with Crippen LogP contribution in [0.4, 0.5) is 13.2 Å². The van der Waals surface area contributed by atoms with Crippen molar-refractivity contribution in [2.75, 3.05) is 7.11 Å². The van der Waals surface area contributed by atoms with Crippen molar-refractivity contribution in [2.24, 2.45) is 5.73 Å². The summed E-state index contributed by atoms with van der Waals surface area (Å²) in [6, 6.07) is -0.526. The lowest BCUT2D eigenvalue weighted by atomic mass is 10.0. The second kappa shape index (κ2) is 6.24. The average molecular weight is 213 g/mol. The van der Waals surface area contributed by atoms with Crippen LogP contribution in [0.25, 0.3) is 0 Å². The van der Waals surface area contributed by atoms with Crippen molar-refractivity contribution in [1.29, 1.82) is 0 Å². The average Bonchev–Trinajstić information content (AvgIpc) is 2.09. The van der Waals surface area contributed by atoms with E-state index < -0.39 is 18.6 Å². The predicted molar refractivity (Wildman–Crippen MR) is 49.0 cm³/mol. The number of alkyl halides is 3. The first-order chi connectivity index (χ1) is 6.40. The van der Waals surface area contributed by atoms with Crippen molar-refractivity contribution < 1.29 is 17.9 Å². The minimum Gasteiger partial charge on any atom is -0.380 e. The van der Waals surface area contributed by atoms with E-state index in [1.54, 1.807) is 0 Å². The molecule has 0 heterocycles. The Balaban J connectivity index is 3.85. The van der Waals surface area contributed by atoms with Gasteiger partial charge in [-0.05, 0) is 12.8 Å². The molecule has 2 N–H and O–H groups in total. The summed E-state index contributed by atoms with van der Waals surface area (Å²) in [5.74, 6) is 0. The fraction of sp³-hybridized carbons (Fsp3) is 1.00. The van der Waals surface area contributed by atoms with Gasteiger partial charge in [-0.25, -0.2) is 0 Å². The molecule has 14 heavy (non-hydrogen) atoms. The number of methoxy groups -OCH3 is 1. The van der Waals surface area contributed by atoms with E-state index in [0.717, 1.165) is 6.42 Å². The first-order valence-corrected chi connectivity index (χ1v) is 4.75. The minimum atomic E-state index is -4.12. The summed E-state index contributed by atoms with van der Waals surface area (Å²) >= 11 is 0. The Bertz CT molecular complexity index is 149. The van der Waals surface area contributed by atoms with Gasteiger partial charge in [0.1, 0.15) is 0 Å². The summed E-state index contributed by atoms with van der Waals surface area (Å²) in [6.45, 7) is 1.95. The zero-order valence-corrected chi connectivity index (χ0v) is 8.60. The molecule has 0 rings (SSSR count). The lowest BCUT2D eigenvalue weighted by molar-refractivity contribution is -0.137. The largest absolute Gasteiger partial charge is 0.389 e. The SMILES string of the molecule is CCCC(OC)C(N)CCC(F)(F)F. The molecular weight excluding hydrogens is 195 g/mol. The Morgan fingerprint density at radius 3 is 2.21 bits per heavy atom. The number of ether oxygens (including phenoxy) is 1. The molecule has 0 aliphatic rings. The van der Waals surface area contributed by atoms with Gasteiger partial charge in [-0.15, -0.1) is 0 Å². The first-order valence-electron chi connectivity index (χ1n) is 4.75. The summed E-state index contributed by atoms with van der Waals surface area (Å²) in [6.07, 6.45) is -3.72. The van der Waals surface area contributed by atoms with Crippen LogP contribution in [-0.2, 0) is 4.74 Å². The third-order valence-electron chi connectivity index (χ3n) is 2.11. The van der Waals surface area contributed by atoms with Gasteiger partial charge in [0.25, 0.3) is 0 Å². The van der Waals surface area contributed by atoms with Crippen molar-refractivity contribution in [1.82, 2.24) is 0 Å². The van der Waals surface area contributed by atoms with Crippen LogP contribution in [0, 0.1) is 0 Å². The molecule has 2 nitrogen and oxygen atoms in total. The Morgan fingerprint density at radius 1 is 1.29 bits per heavy atom. The summed E-state index contributed by atoms with van der Waals surface area (Å²) in [5, 5.41) is 0. The fourth-order valence-electron chi connectivity index (χ4n) is 1.31. The van der Waals surface area contributed by atoms with Gasteiger partial charge in [0.05, 0.1) is 6.10 Å². The van der Waals surface area contributed by atoms with E-state index in [1.165, 1.54) is 7.11 Å². The minimum absolute atomic E-state index is 0.0675. The molecule has 0 aromatic carbocycles. The first kappa shape index (κ1) is 13.7. The summed E-state index contributed by atoms with van der Waals surface area (Å²) in [4.78, 5) is 0. The molecule has 0 amide bonds. The fourth-order valence-corrected chi connectivity index (χ4v) is 1.31. The third kappa shape index (κ3) is 6.21. The number of nitrogens with two attached hydrogens (primary N) is 1. The van der Waals surface area contributed by atoms with E-state index in [-0.39, 0.29) is 12.5 Å². The second-order valence-electron chi connectivity index (χ2n) is 3.38. The highest BCUT2D eigenvalue weighted by atomic mass is 19.4. The molecule has 5 heteroatoms. The Hall–Kier alpha value is -0.290. The van der Waals surface area contributed by atoms with Gasteiger partial charge in [0.2, 0.25) is 0 Å². The monoisotopic (exact) mass is 213 g/mol. The molecule has 0 aromatic heterocycles. The molecule has 0 saturated carbocycles. The van der Waals surface area contributed by atoms with Gasteiger partial charge >= 0.3 is 6.18 Å². The highest BCUT2D eigenvalue weighted by molar-refractivity contribution is 4.74. The molecule has 0 aliphatic heterocycles. The van der Waals surface area contributed by atoms with Gasteiger partial charge < -0.3 is 10.5 Å². The van der Waals surface area contributed by atoms with E-state index in [0.29, 0.717) is 6.42 Å². The lowest BCUT2D eigenvalue weighted by Gasteiger charge is -2.22. The maximum absolute atomic E-state index is 11.9. The zero-order valence-electron chi connectivity index (χ0n) is 8.60. The van der Waals surface area contributed by atoms with E-state index in [9.17, 15) is 13.2 Å². The van der Waals surface area contributed by atoms with E-state index >= 15 is 0 Å². The summed E-state index contributed by atoms with van der Waals surface area (Å²) in [7, 11) is 1.48. The van der Waals surface area contributed by atoms with E-state index in [2.05, 4.69) is 0 Å². The molecule has 86 valence electrons. The zero-order chi connectivity index (χ0) is 11.2. The van der Waals surface area contributed by atoms with Crippen LogP contribution in [0.3, 0.4) is 0 Å². The molecule has 0 radical (unpaired) electrons. The van der Waals surface area contributed by atoms with Crippen molar-refractivity contribution in [3.63, 3.8) is 0 Å². The molecular formula is C9H18F3NO. The van der Waals surface area contributed by atoms with Crippen molar-refractivity contribution in [3.05, 3.63) is 0 Å². The van der Waals surface area contributed by atoms with E-state index in [4.69, 9.17) is 10.5 Å². The van der Waals surface area contributed by atoms with Crippen LogP contribution in [-0.4, -0.2) is 25.4 Å². The molecule has 0 aromatic rings. The summed E-state index contributed by atoms with van der Waals surface area (Å²) < 4.78 is 40.6. The van der Waals surface area contributed by atoms with Crippen LogP contribution in [0.1, 0.15) is 32.6 Å². The number of halogens is 3. The van der Waals surface area contributed by atoms with Crippen molar-refractivity contribution in [3.8, 4) is 0 Å². The van der Waals surface area contributed by atoms with E-state index in [1.807, 2.05) is 6.92 Å². The van der Waals surface area contributed by atoms with Crippen molar-refractivity contribution >= 4 is 0 Å². The van der Waals surface area contributed by atoms with Crippen LogP contribution < -0.4 is 5.73 Å². The van der Waals surface area contributed by atoms with Gasteiger partial charge in [-0.2, -0.15) is 13.2 Å². The molecule has 0 fully saturated rings. The highest BCUT2D eigenvalue weighted by Gasteiger charge is 2.29. The van der Waals surface area contributed by atoms with Crippen LogP contribution >= 0.6 is 0 Å². The quantitative estimate of drug-likeness (QED) is 0.735. The Kier molecular flexibility index (Phi) is 6.11. The maximum atomic E-state index is 11.9. The standard InChI is InChI=1S/C9H18F3NO/c1-3-4-8(14-2)7(13)5-6-9(10,11)12/h7-8H,3-6,13H2,1-2H3. The summed E-state index contributed by atoms with van der Waals surface area (Å²) in [5.41, 5.74) is 5.60. The number of hydrogen-bond donors (Lipinski definition) is 1. The van der Waals surface area contributed by atoms with Gasteiger partial charge in [-0.1, -0.05) is 13.3 Å². The number of hydrogen-bond acceptors (Lipinski definition) is 2. The van der Waals surface area contributed by atoms with Gasteiger partial charge in [0, 0.05) is 19.6 Å². The van der Waals surface area contributed by atoms with Gasteiger partial charge in [-0.3, -0.25) is 0 Å². The predicted octanol–water partition coefficient (Wildman–Crippen LogP) is 2.47. The molecule has 2 atom stereocenters. The molecule has 0 aliphatic carbocycles. The smallest absolute Gasteiger partial charge is 0.380 e. The van der Waals surface area contributed by atoms with Crippen LogP contribution in [0.5, 0.6) is 0 Å². The Morgan fingerprint density at radius 2 is 1.86 bits per heavy atom. The van der Waals surface area contributed by atoms with Crippen LogP contribution in [0.15, 0.2) is 0 Å².